The maximum absolute atomic E-state index is 5.31. The molecule has 0 N–H and O–H groups in total. The first-order valence-corrected chi connectivity index (χ1v) is 3.66. The molecule has 1 saturated heterocycles. The fourth-order valence-corrected chi connectivity index (χ4v) is 0.616. The molecule has 1 heterocycles. The zero-order valence-corrected chi connectivity index (χ0v) is 6.91. The van der Waals surface area contributed by atoms with Crippen LogP contribution in [0.1, 0.15) is 6.92 Å². The Morgan fingerprint density at radius 3 is 3.09 bits per heavy atom. The van der Waals surface area contributed by atoms with E-state index in [4.69, 9.17) is 9.47 Å². The Morgan fingerprint density at radius 2 is 2.55 bits per heavy atom. The van der Waals surface area contributed by atoms with Crippen LogP contribution in [0.4, 0.5) is 0 Å². The summed E-state index contributed by atoms with van der Waals surface area (Å²) in [5.74, 6) is 0.881. The molecule has 1 atom stereocenters. The van der Waals surface area contributed by atoms with E-state index in [2.05, 4.69) is 4.99 Å². The largest absolute Gasteiger partial charge is 0.495 e. The lowest BCUT2D eigenvalue weighted by atomic mass is 10.5. The molecule has 0 amide bonds. The third kappa shape index (κ3) is 3.78. The Hall–Kier alpha value is -0.830. The lowest BCUT2D eigenvalue weighted by Crippen LogP contribution is -1.99. The van der Waals surface area contributed by atoms with Crippen LogP contribution in [0.25, 0.3) is 0 Å². The zero-order valence-electron chi connectivity index (χ0n) is 6.91. The number of hydrogen-bond donors (Lipinski definition) is 0. The van der Waals surface area contributed by atoms with Crippen LogP contribution in [-0.2, 0) is 9.47 Å². The summed E-state index contributed by atoms with van der Waals surface area (Å²) in [5, 5.41) is 0. The Labute approximate surface area is 66.7 Å². The van der Waals surface area contributed by atoms with Crippen LogP contribution >= 0.6 is 0 Å². The van der Waals surface area contributed by atoms with Crippen molar-refractivity contribution < 1.29 is 9.47 Å². The number of aliphatic imine (C=N–C) groups is 1. The standard InChI is InChI=1S/C8H13NO2/c1-7(3-4-9-2)10-5-8-6-11-8/h3-4,8H,5-6H2,1-2H3/b7-3+,9-4?. The van der Waals surface area contributed by atoms with Crippen LogP contribution in [0.2, 0.25) is 0 Å². The van der Waals surface area contributed by atoms with Crippen molar-refractivity contribution in [2.45, 2.75) is 13.0 Å². The number of ether oxygens (including phenoxy) is 2. The summed E-state index contributed by atoms with van der Waals surface area (Å²) >= 11 is 0. The Kier molecular flexibility index (Phi) is 3.11. The van der Waals surface area contributed by atoms with Crippen LogP contribution in [0.15, 0.2) is 16.8 Å². The van der Waals surface area contributed by atoms with E-state index in [-0.39, 0.29) is 0 Å². The number of epoxide rings is 1. The Morgan fingerprint density at radius 1 is 1.82 bits per heavy atom. The van der Waals surface area contributed by atoms with Gasteiger partial charge in [0.15, 0.2) is 0 Å². The summed E-state index contributed by atoms with van der Waals surface area (Å²) in [5.41, 5.74) is 0. The summed E-state index contributed by atoms with van der Waals surface area (Å²) in [6, 6.07) is 0. The molecule has 0 aromatic carbocycles. The van der Waals surface area contributed by atoms with Crippen molar-refractivity contribution in [3.8, 4) is 0 Å². The third-order valence-corrected chi connectivity index (χ3v) is 1.36. The lowest BCUT2D eigenvalue weighted by molar-refractivity contribution is 0.185. The van der Waals surface area contributed by atoms with Crippen molar-refractivity contribution in [2.24, 2.45) is 4.99 Å². The van der Waals surface area contributed by atoms with Crippen LogP contribution in [0.3, 0.4) is 0 Å². The highest BCUT2D eigenvalue weighted by atomic mass is 16.6. The molecule has 3 nitrogen and oxygen atoms in total. The molecule has 3 heteroatoms. The molecule has 1 fully saturated rings. The summed E-state index contributed by atoms with van der Waals surface area (Å²) in [6.45, 7) is 3.42. The molecule has 0 spiro atoms. The Balaban J connectivity index is 2.12. The van der Waals surface area contributed by atoms with E-state index in [1.54, 1.807) is 13.3 Å². The van der Waals surface area contributed by atoms with E-state index >= 15 is 0 Å². The summed E-state index contributed by atoms with van der Waals surface area (Å²) in [4.78, 5) is 3.81. The number of hydrogen-bond acceptors (Lipinski definition) is 3. The van der Waals surface area contributed by atoms with Gasteiger partial charge in [-0.3, -0.25) is 4.99 Å². The molecule has 0 bridgehead atoms. The molecule has 0 radical (unpaired) electrons. The minimum Gasteiger partial charge on any atom is -0.495 e. The quantitative estimate of drug-likeness (QED) is 0.345. The minimum atomic E-state index is 0.330. The molecule has 0 aromatic heterocycles. The molecule has 1 aliphatic rings. The SMILES string of the molecule is CN=C/C=C(\C)OCC1CO1. The number of nitrogens with zero attached hydrogens (tertiary/aromatic N) is 1. The van der Waals surface area contributed by atoms with Gasteiger partial charge in [0.25, 0.3) is 0 Å². The van der Waals surface area contributed by atoms with Gasteiger partial charge >= 0.3 is 0 Å². The monoisotopic (exact) mass is 155 g/mol. The van der Waals surface area contributed by atoms with Gasteiger partial charge in [-0.25, -0.2) is 0 Å². The van der Waals surface area contributed by atoms with E-state index in [0.717, 1.165) is 12.4 Å². The van der Waals surface area contributed by atoms with Crippen molar-refractivity contribution in [3.05, 3.63) is 11.8 Å². The van der Waals surface area contributed by atoms with Gasteiger partial charge in [0.1, 0.15) is 12.7 Å². The predicted molar refractivity (Wildman–Crippen MR) is 43.9 cm³/mol. The smallest absolute Gasteiger partial charge is 0.116 e. The molecular weight excluding hydrogens is 142 g/mol. The molecule has 1 rings (SSSR count). The predicted octanol–water partition coefficient (Wildman–Crippen LogP) is 1.01. The van der Waals surface area contributed by atoms with Gasteiger partial charge < -0.3 is 9.47 Å². The van der Waals surface area contributed by atoms with Crippen LogP contribution in [-0.4, -0.2) is 32.6 Å². The average molecular weight is 155 g/mol. The topological polar surface area (TPSA) is 34.1 Å². The van der Waals surface area contributed by atoms with Gasteiger partial charge in [0.05, 0.1) is 12.4 Å². The molecule has 1 unspecified atom stereocenters. The normalized spacial score (nSPS) is 24.2. The van der Waals surface area contributed by atoms with Crippen LogP contribution < -0.4 is 0 Å². The van der Waals surface area contributed by atoms with E-state index < -0.39 is 0 Å². The van der Waals surface area contributed by atoms with Gasteiger partial charge in [0.2, 0.25) is 0 Å². The van der Waals surface area contributed by atoms with Gasteiger partial charge in [-0.05, 0) is 13.0 Å². The fraction of sp³-hybridized carbons (Fsp3) is 0.625. The van der Waals surface area contributed by atoms with Crippen molar-refractivity contribution >= 4 is 6.21 Å². The molecule has 0 saturated carbocycles. The first kappa shape index (κ1) is 8.27. The van der Waals surface area contributed by atoms with Crippen LogP contribution in [0.5, 0.6) is 0 Å². The first-order chi connectivity index (χ1) is 5.33. The minimum absolute atomic E-state index is 0.330. The molecule has 11 heavy (non-hydrogen) atoms. The van der Waals surface area contributed by atoms with Gasteiger partial charge in [0, 0.05) is 13.3 Å². The maximum Gasteiger partial charge on any atom is 0.116 e. The lowest BCUT2D eigenvalue weighted by Gasteiger charge is -2.01. The van der Waals surface area contributed by atoms with Crippen molar-refractivity contribution in [3.63, 3.8) is 0 Å². The molecule has 62 valence electrons. The maximum atomic E-state index is 5.31. The van der Waals surface area contributed by atoms with E-state index in [0.29, 0.717) is 12.7 Å². The Bertz CT molecular complexity index is 171. The first-order valence-electron chi connectivity index (χ1n) is 3.66. The molecule has 0 aromatic rings. The molecule has 0 aliphatic carbocycles. The zero-order chi connectivity index (χ0) is 8.10. The third-order valence-electron chi connectivity index (χ3n) is 1.36. The number of allylic oxidation sites excluding steroid dienone is 2. The van der Waals surface area contributed by atoms with Crippen molar-refractivity contribution in [1.82, 2.24) is 0 Å². The van der Waals surface area contributed by atoms with Crippen molar-refractivity contribution in [1.29, 1.82) is 0 Å². The number of rotatable bonds is 4. The summed E-state index contributed by atoms with van der Waals surface area (Å²) in [6.07, 6.45) is 3.88. The van der Waals surface area contributed by atoms with Gasteiger partial charge in [-0.15, -0.1) is 0 Å². The van der Waals surface area contributed by atoms with Crippen LogP contribution in [0, 0.1) is 0 Å². The highest BCUT2D eigenvalue weighted by Gasteiger charge is 2.22. The van der Waals surface area contributed by atoms with E-state index in [9.17, 15) is 0 Å². The van der Waals surface area contributed by atoms with E-state index in [1.807, 2.05) is 13.0 Å². The second kappa shape index (κ2) is 4.13. The molecular formula is C8H13NO2. The second-order valence-corrected chi connectivity index (χ2v) is 2.45. The van der Waals surface area contributed by atoms with Gasteiger partial charge in [-0.2, -0.15) is 0 Å². The fourth-order valence-electron chi connectivity index (χ4n) is 0.616. The molecule has 1 aliphatic heterocycles. The second-order valence-electron chi connectivity index (χ2n) is 2.45. The average Bonchev–Trinajstić information content (AvgIpc) is 2.80. The summed E-state index contributed by atoms with van der Waals surface area (Å²) in [7, 11) is 1.73. The van der Waals surface area contributed by atoms with Gasteiger partial charge in [-0.1, -0.05) is 0 Å². The summed E-state index contributed by atoms with van der Waals surface area (Å²) < 4.78 is 10.3. The highest BCUT2D eigenvalue weighted by Crippen LogP contribution is 2.10. The van der Waals surface area contributed by atoms with Crippen molar-refractivity contribution in [2.75, 3.05) is 20.3 Å². The van der Waals surface area contributed by atoms with E-state index in [1.165, 1.54) is 0 Å². The highest BCUT2D eigenvalue weighted by molar-refractivity contribution is 5.71.